The molecule has 1 fully saturated rings. The summed E-state index contributed by atoms with van der Waals surface area (Å²) in [6.45, 7) is 1.08. The maximum Gasteiger partial charge on any atom is 0.432 e. The number of hydrogen-bond donors (Lipinski definition) is 1. The lowest BCUT2D eigenvalue weighted by Crippen LogP contribution is -3.00. The quantitative estimate of drug-likeness (QED) is 0.364. The van der Waals surface area contributed by atoms with E-state index in [-0.39, 0.29) is 16.3 Å². The Kier molecular flexibility index (Phi) is 3.31. The number of nitrogens with zero attached hydrogens (tertiary/aromatic N) is 1. The molecule has 0 aliphatic carbocycles. The second-order valence-corrected chi connectivity index (χ2v) is 4.68. The summed E-state index contributed by atoms with van der Waals surface area (Å²) in [7, 11) is -2.32. The molecule has 1 rings (SSSR count). The van der Waals surface area contributed by atoms with Crippen LogP contribution < -0.4 is 12.4 Å². The van der Waals surface area contributed by atoms with Crippen LogP contribution in [0.3, 0.4) is 0 Å². The van der Waals surface area contributed by atoms with Gasteiger partial charge in [0.2, 0.25) is 0 Å². The molecule has 0 saturated carbocycles. The number of likely N-dealkylation sites (tertiary alicyclic amines) is 1. The zero-order valence-electron chi connectivity index (χ0n) is 6.33. The van der Waals surface area contributed by atoms with Crippen molar-refractivity contribution >= 4 is 10.3 Å². The van der Waals surface area contributed by atoms with Gasteiger partial charge in [-0.05, 0) is 0 Å². The fraction of sp³-hybridized carbons (Fsp3) is 1.00. The summed E-state index contributed by atoms with van der Waals surface area (Å²) in [5.41, 5.74) is 0. The molecule has 0 aromatic rings. The van der Waals surface area contributed by atoms with Gasteiger partial charge in [-0.3, -0.25) is 0 Å². The molecule has 1 aliphatic heterocycles. The lowest BCUT2D eigenvalue weighted by atomic mass is 10.4. The second-order valence-electron chi connectivity index (χ2n) is 2.90. The van der Waals surface area contributed by atoms with Crippen molar-refractivity contribution in [2.45, 2.75) is 12.8 Å². The van der Waals surface area contributed by atoms with E-state index >= 15 is 0 Å². The molecule has 1 N–H and O–H groups in total. The van der Waals surface area contributed by atoms with Crippen LogP contribution in [-0.2, 0) is 10.3 Å². The molecule has 0 amide bonds. The largest absolute Gasteiger partial charge is 1.00 e. The van der Waals surface area contributed by atoms with Gasteiger partial charge in [-0.2, -0.15) is 3.89 Å². The molecule has 4 nitrogen and oxygen atoms in total. The monoisotopic (exact) mass is 201 g/mol. The lowest BCUT2D eigenvalue weighted by Gasteiger charge is -2.22. The maximum absolute atomic E-state index is 10.7. The molecule has 11 heavy (non-hydrogen) atoms. The van der Waals surface area contributed by atoms with Crippen LogP contribution in [0.4, 0.5) is 0 Å². The van der Waals surface area contributed by atoms with Gasteiger partial charge in [0.1, 0.15) is 0 Å². The van der Waals surface area contributed by atoms with Crippen LogP contribution in [0.1, 0.15) is 12.8 Å². The van der Waals surface area contributed by atoms with Gasteiger partial charge < -0.3 is 12.4 Å². The fourth-order valence-corrected chi connectivity index (χ4v) is 1.95. The molecule has 0 unspecified atom stereocenters. The Morgan fingerprint density at radius 2 is 1.64 bits per heavy atom. The van der Waals surface area contributed by atoms with Crippen molar-refractivity contribution in [1.82, 2.24) is 0 Å². The van der Waals surface area contributed by atoms with E-state index in [2.05, 4.69) is 0 Å². The van der Waals surface area contributed by atoms with Gasteiger partial charge in [-0.1, -0.05) is 0 Å². The van der Waals surface area contributed by atoms with Crippen LogP contribution in [0.2, 0.25) is 0 Å². The third-order valence-corrected chi connectivity index (χ3v) is 3.55. The molecule has 68 valence electrons. The van der Waals surface area contributed by atoms with E-state index in [4.69, 9.17) is 4.55 Å². The van der Waals surface area contributed by atoms with Crippen molar-refractivity contribution in [3.8, 4) is 0 Å². The van der Waals surface area contributed by atoms with Crippen molar-refractivity contribution < 1.29 is 29.3 Å². The Balaban J connectivity index is 0.000001000. The topological polar surface area (TPSA) is 54.4 Å². The molecule has 0 aromatic heterocycles. The molecule has 1 saturated heterocycles. The van der Waals surface area contributed by atoms with Gasteiger partial charge >= 0.3 is 10.3 Å². The number of rotatable bonds is 1. The van der Waals surface area contributed by atoms with E-state index < -0.39 is 10.3 Å². The SMILES string of the molecule is C[N+]1(S(=O)(=O)O)CCCC1.[Cl-]. The predicted octanol–water partition coefficient (Wildman–Crippen LogP) is -2.97. The summed E-state index contributed by atoms with van der Waals surface area (Å²) < 4.78 is 29.9. The minimum absolute atomic E-state index is 0. The summed E-state index contributed by atoms with van der Waals surface area (Å²) >= 11 is 0. The van der Waals surface area contributed by atoms with E-state index in [1.54, 1.807) is 7.05 Å². The number of hydrogen-bond acceptors (Lipinski definition) is 2. The van der Waals surface area contributed by atoms with E-state index in [1.807, 2.05) is 0 Å². The van der Waals surface area contributed by atoms with Crippen LogP contribution in [0.5, 0.6) is 0 Å². The summed E-state index contributed by atoms with van der Waals surface area (Å²) in [5, 5.41) is 0. The average Bonchev–Trinajstić information content (AvgIpc) is 2.13. The molecular weight excluding hydrogens is 190 g/mol. The normalized spacial score (nSPS) is 22.7. The molecule has 0 spiro atoms. The maximum atomic E-state index is 10.7. The first-order valence-electron chi connectivity index (χ1n) is 3.28. The standard InChI is InChI=1S/C5H11NO3S.ClH/c1-6(10(7,8)9)4-2-3-5-6;/h2-5H2,1H3;1H. The summed E-state index contributed by atoms with van der Waals surface area (Å²) in [6, 6.07) is 0. The average molecular weight is 202 g/mol. The highest BCUT2D eigenvalue weighted by Gasteiger charge is 2.38. The minimum atomic E-state index is -3.86. The second kappa shape index (κ2) is 3.26. The van der Waals surface area contributed by atoms with Gasteiger partial charge in [-0.25, -0.2) is 4.55 Å². The van der Waals surface area contributed by atoms with Gasteiger partial charge in [0, 0.05) is 12.8 Å². The van der Waals surface area contributed by atoms with Crippen molar-refractivity contribution in [2.75, 3.05) is 20.1 Å². The Labute approximate surface area is 73.1 Å². The van der Waals surface area contributed by atoms with E-state index in [0.29, 0.717) is 13.1 Å². The first kappa shape index (κ1) is 11.2. The van der Waals surface area contributed by atoms with Crippen LogP contribution in [-0.4, -0.2) is 37.0 Å². The lowest BCUT2D eigenvalue weighted by molar-refractivity contribution is -0.775. The van der Waals surface area contributed by atoms with Crippen molar-refractivity contribution in [2.24, 2.45) is 0 Å². The predicted molar refractivity (Wildman–Crippen MR) is 36.7 cm³/mol. The Hall–Kier alpha value is 0.160. The summed E-state index contributed by atoms with van der Waals surface area (Å²) in [4.78, 5) is 0. The zero-order chi connectivity index (χ0) is 7.83. The van der Waals surface area contributed by atoms with Gasteiger partial charge in [0.05, 0.1) is 20.1 Å². The first-order chi connectivity index (χ1) is 4.46. The van der Waals surface area contributed by atoms with Crippen molar-refractivity contribution in [3.05, 3.63) is 0 Å². The van der Waals surface area contributed by atoms with Gasteiger partial charge in [-0.15, -0.1) is 8.42 Å². The van der Waals surface area contributed by atoms with E-state index in [0.717, 1.165) is 12.8 Å². The third kappa shape index (κ3) is 2.05. The molecule has 0 atom stereocenters. The van der Waals surface area contributed by atoms with Crippen LogP contribution in [0.25, 0.3) is 0 Å². The van der Waals surface area contributed by atoms with Crippen molar-refractivity contribution in [1.29, 1.82) is 0 Å². The summed E-state index contributed by atoms with van der Waals surface area (Å²) in [6.07, 6.45) is 1.77. The highest BCUT2D eigenvalue weighted by Crippen LogP contribution is 2.19. The molecule has 6 heteroatoms. The number of quaternary nitrogens is 1. The molecule has 0 aromatic carbocycles. The fourth-order valence-electron chi connectivity index (χ4n) is 1.24. The minimum Gasteiger partial charge on any atom is -1.00 e. The van der Waals surface area contributed by atoms with E-state index in [1.165, 1.54) is 0 Å². The van der Waals surface area contributed by atoms with Gasteiger partial charge in [0.25, 0.3) is 0 Å². The molecule has 1 aliphatic rings. The Morgan fingerprint density at radius 1 is 1.27 bits per heavy atom. The zero-order valence-corrected chi connectivity index (χ0v) is 7.90. The molecular formula is C5H12ClNO3S. The van der Waals surface area contributed by atoms with E-state index in [9.17, 15) is 8.42 Å². The molecule has 0 radical (unpaired) electrons. The first-order valence-corrected chi connectivity index (χ1v) is 4.68. The molecule has 1 heterocycles. The van der Waals surface area contributed by atoms with Crippen LogP contribution >= 0.6 is 0 Å². The molecule has 0 bridgehead atoms. The van der Waals surface area contributed by atoms with Crippen molar-refractivity contribution in [3.63, 3.8) is 0 Å². The van der Waals surface area contributed by atoms with Crippen LogP contribution in [0, 0.1) is 0 Å². The Morgan fingerprint density at radius 3 is 1.82 bits per heavy atom. The Bertz CT molecular complexity index is 220. The summed E-state index contributed by atoms with van der Waals surface area (Å²) in [5.74, 6) is 0. The highest BCUT2D eigenvalue weighted by molar-refractivity contribution is 7.80. The van der Waals surface area contributed by atoms with Crippen LogP contribution in [0.15, 0.2) is 0 Å². The highest BCUT2D eigenvalue weighted by atomic mass is 35.5. The smallest absolute Gasteiger partial charge is 0.432 e. The third-order valence-electron chi connectivity index (χ3n) is 2.07. The number of halogens is 1. The van der Waals surface area contributed by atoms with Gasteiger partial charge in [0.15, 0.2) is 0 Å².